The summed E-state index contributed by atoms with van der Waals surface area (Å²) in [5, 5.41) is 0. The fourth-order valence-corrected chi connectivity index (χ4v) is 1.92. The van der Waals surface area contributed by atoms with Crippen LogP contribution in [0.2, 0.25) is 0 Å². The van der Waals surface area contributed by atoms with E-state index >= 15 is 0 Å². The Kier molecular flexibility index (Phi) is 1.53. The van der Waals surface area contributed by atoms with E-state index in [1.807, 2.05) is 12.1 Å². The summed E-state index contributed by atoms with van der Waals surface area (Å²) in [5.41, 5.74) is 7.64. The molecule has 11 heavy (non-hydrogen) atoms. The highest BCUT2D eigenvalue weighted by molar-refractivity contribution is 9.10. The van der Waals surface area contributed by atoms with Crippen molar-refractivity contribution in [1.82, 2.24) is 0 Å². The van der Waals surface area contributed by atoms with Crippen LogP contribution in [0, 0.1) is 0 Å². The maximum Gasteiger partial charge on any atom is 0.136 e. The lowest BCUT2D eigenvalue weighted by Crippen LogP contribution is -1.87. The van der Waals surface area contributed by atoms with Crippen LogP contribution in [0.1, 0.15) is 5.56 Å². The minimum absolute atomic E-state index is 0.775. The van der Waals surface area contributed by atoms with Gasteiger partial charge in [0.15, 0.2) is 0 Å². The van der Waals surface area contributed by atoms with E-state index in [4.69, 9.17) is 10.5 Å². The van der Waals surface area contributed by atoms with Gasteiger partial charge < -0.3 is 10.5 Å². The van der Waals surface area contributed by atoms with Crippen molar-refractivity contribution in [3.8, 4) is 5.75 Å². The Hall–Kier alpha value is -0.700. The minimum atomic E-state index is 0.775. The number of fused-ring (bicyclic) bond motifs is 1. The number of nitrogens with two attached hydrogens (primary N) is 1. The van der Waals surface area contributed by atoms with Crippen LogP contribution in [0.4, 0.5) is 5.69 Å². The number of hydrogen-bond acceptors (Lipinski definition) is 2. The van der Waals surface area contributed by atoms with Crippen molar-refractivity contribution in [3.05, 3.63) is 22.2 Å². The monoisotopic (exact) mass is 213 g/mol. The Bertz CT molecular complexity index is 298. The zero-order valence-electron chi connectivity index (χ0n) is 5.93. The van der Waals surface area contributed by atoms with Gasteiger partial charge in [0.2, 0.25) is 0 Å². The molecule has 3 heteroatoms. The standard InChI is InChI=1S/C8H8BrNO/c9-7-4-6(10)3-5-1-2-11-8(5)7/h3-4H,1-2,10H2. The smallest absolute Gasteiger partial charge is 0.136 e. The summed E-state index contributed by atoms with van der Waals surface area (Å²) >= 11 is 3.39. The maximum atomic E-state index is 5.65. The average molecular weight is 214 g/mol. The normalized spacial score (nSPS) is 14.3. The number of rotatable bonds is 0. The maximum absolute atomic E-state index is 5.65. The second kappa shape index (κ2) is 2.41. The van der Waals surface area contributed by atoms with Gasteiger partial charge in [-0.05, 0) is 28.1 Å². The summed E-state index contributed by atoms with van der Waals surface area (Å²) in [6.07, 6.45) is 0.971. The molecular weight excluding hydrogens is 206 g/mol. The highest BCUT2D eigenvalue weighted by Crippen LogP contribution is 2.35. The molecule has 2 N–H and O–H groups in total. The van der Waals surface area contributed by atoms with Gasteiger partial charge in [0.05, 0.1) is 11.1 Å². The van der Waals surface area contributed by atoms with Crippen molar-refractivity contribution in [3.63, 3.8) is 0 Å². The molecule has 0 saturated heterocycles. The molecule has 0 atom stereocenters. The molecule has 1 aliphatic heterocycles. The van der Waals surface area contributed by atoms with Crippen LogP contribution in [0.3, 0.4) is 0 Å². The van der Waals surface area contributed by atoms with Crippen LogP contribution >= 0.6 is 15.9 Å². The molecule has 1 aromatic rings. The van der Waals surface area contributed by atoms with Crippen LogP contribution < -0.4 is 10.5 Å². The Morgan fingerprint density at radius 3 is 3.09 bits per heavy atom. The van der Waals surface area contributed by atoms with E-state index in [2.05, 4.69) is 15.9 Å². The van der Waals surface area contributed by atoms with E-state index in [1.54, 1.807) is 0 Å². The van der Waals surface area contributed by atoms with E-state index in [9.17, 15) is 0 Å². The first kappa shape index (κ1) is 6.98. The summed E-state index contributed by atoms with van der Waals surface area (Å²) in [6, 6.07) is 3.83. The predicted octanol–water partition coefficient (Wildman–Crippen LogP) is 1.97. The van der Waals surface area contributed by atoms with Gasteiger partial charge >= 0.3 is 0 Å². The molecule has 1 aromatic carbocycles. The first-order valence-electron chi connectivity index (χ1n) is 3.48. The van der Waals surface area contributed by atoms with Crippen LogP contribution in [-0.4, -0.2) is 6.61 Å². The molecule has 0 aromatic heterocycles. The third-order valence-corrected chi connectivity index (χ3v) is 2.35. The molecule has 0 spiro atoms. The van der Waals surface area contributed by atoms with Gasteiger partial charge in [-0.1, -0.05) is 0 Å². The number of hydrogen-bond donors (Lipinski definition) is 1. The zero-order chi connectivity index (χ0) is 7.84. The van der Waals surface area contributed by atoms with Gasteiger partial charge in [0.25, 0.3) is 0 Å². The molecule has 0 bridgehead atoms. The number of nitrogen functional groups attached to an aromatic ring is 1. The fraction of sp³-hybridized carbons (Fsp3) is 0.250. The second-order valence-corrected chi connectivity index (χ2v) is 3.44. The fourth-order valence-electron chi connectivity index (χ4n) is 1.28. The number of anilines is 1. The van der Waals surface area contributed by atoms with Gasteiger partial charge in [-0.15, -0.1) is 0 Å². The van der Waals surface area contributed by atoms with E-state index in [-0.39, 0.29) is 0 Å². The summed E-state index contributed by atoms with van der Waals surface area (Å²) in [7, 11) is 0. The second-order valence-electron chi connectivity index (χ2n) is 2.59. The lowest BCUT2D eigenvalue weighted by molar-refractivity contribution is 0.355. The molecule has 0 saturated carbocycles. The molecule has 1 heterocycles. The molecule has 0 fully saturated rings. The van der Waals surface area contributed by atoms with Crippen molar-refractivity contribution >= 4 is 21.6 Å². The molecule has 58 valence electrons. The number of benzene rings is 1. The summed E-state index contributed by atoms with van der Waals surface area (Å²) in [6.45, 7) is 0.775. The highest BCUT2D eigenvalue weighted by Gasteiger charge is 2.15. The highest BCUT2D eigenvalue weighted by atomic mass is 79.9. The van der Waals surface area contributed by atoms with Crippen LogP contribution in [0.15, 0.2) is 16.6 Å². The summed E-state index contributed by atoms with van der Waals surface area (Å²) < 4.78 is 6.34. The Balaban J connectivity index is 2.60. The third kappa shape index (κ3) is 1.09. The zero-order valence-corrected chi connectivity index (χ0v) is 7.52. The van der Waals surface area contributed by atoms with E-state index in [1.165, 1.54) is 5.56 Å². The van der Waals surface area contributed by atoms with Gasteiger partial charge in [-0.2, -0.15) is 0 Å². The average Bonchev–Trinajstić information content (AvgIpc) is 2.34. The molecule has 0 amide bonds. The molecule has 0 unspecified atom stereocenters. The lowest BCUT2D eigenvalue weighted by atomic mass is 10.1. The molecular formula is C8H8BrNO. The molecule has 2 rings (SSSR count). The van der Waals surface area contributed by atoms with E-state index < -0.39 is 0 Å². The first-order chi connectivity index (χ1) is 5.27. The first-order valence-corrected chi connectivity index (χ1v) is 4.27. The topological polar surface area (TPSA) is 35.2 Å². The Morgan fingerprint density at radius 2 is 2.27 bits per heavy atom. The molecule has 2 nitrogen and oxygen atoms in total. The minimum Gasteiger partial charge on any atom is -0.492 e. The quantitative estimate of drug-likeness (QED) is 0.670. The van der Waals surface area contributed by atoms with Crippen molar-refractivity contribution in [2.45, 2.75) is 6.42 Å². The van der Waals surface area contributed by atoms with Crippen LogP contribution in [0.25, 0.3) is 0 Å². The SMILES string of the molecule is Nc1cc(Br)c2c(c1)CCO2. The van der Waals surface area contributed by atoms with Gasteiger partial charge in [0.1, 0.15) is 5.75 Å². The Morgan fingerprint density at radius 1 is 1.45 bits per heavy atom. The number of ether oxygens (including phenoxy) is 1. The summed E-state index contributed by atoms with van der Waals surface area (Å²) in [4.78, 5) is 0. The summed E-state index contributed by atoms with van der Waals surface area (Å²) in [5.74, 6) is 0.958. The predicted molar refractivity (Wildman–Crippen MR) is 47.8 cm³/mol. The van der Waals surface area contributed by atoms with Crippen molar-refractivity contribution < 1.29 is 4.74 Å². The largest absolute Gasteiger partial charge is 0.492 e. The molecule has 0 aliphatic carbocycles. The van der Waals surface area contributed by atoms with E-state index in [0.29, 0.717) is 0 Å². The third-order valence-electron chi connectivity index (χ3n) is 1.76. The Labute approximate surface area is 73.5 Å². The van der Waals surface area contributed by atoms with Crippen molar-refractivity contribution in [1.29, 1.82) is 0 Å². The van der Waals surface area contributed by atoms with Crippen molar-refractivity contribution in [2.75, 3.05) is 12.3 Å². The van der Waals surface area contributed by atoms with Gasteiger partial charge in [0, 0.05) is 17.7 Å². The lowest BCUT2D eigenvalue weighted by Gasteiger charge is -2.02. The van der Waals surface area contributed by atoms with E-state index in [0.717, 1.165) is 28.9 Å². The van der Waals surface area contributed by atoms with Crippen molar-refractivity contribution in [2.24, 2.45) is 0 Å². The van der Waals surface area contributed by atoms with Crippen LogP contribution in [0.5, 0.6) is 5.75 Å². The molecule has 0 radical (unpaired) electrons. The van der Waals surface area contributed by atoms with Crippen LogP contribution in [-0.2, 0) is 6.42 Å². The molecule has 1 aliphatic rings. The van der Waals surface area contributed by atoms with Gasteiger partial charge in [-0.25, -0.2) is 0 Å². The number of halogens is 1. The van der Waals surface area contributed by atoms with Gasteiger partial charge in [-0.3, -0.25) is 0 Å².